The number of halogens is 1. The number of aromatic nitrogens is 2. The molecule has 5 rings (SSSR count). The number of imidazole rings is 1. The monoisotopic (exact) mass is 339 g/mol. The minimum Gasteiger partial charge on any atom is -0.378 e. The van der Waals surface area contributed by atoms with E-state index in [1.165, 1.54) is 6.07 Å². The fourth-order valence-electron chi connectivity index (χ4n) is 3.49. The van der Waals surface area contributed by atoms with Crippen LogP contribution in [0.25, 0.3) is 11.4 Å². The van der Waals surface area contributed by atoms with E-state index >= 15 is 0 Å². The van der Waals surface area contributed by atoms with Crippen molar-refractivity contribution in [2.75, 3.05) is 0 Å². The molecular formula is C19H18FN3O2. The summed E-state index contributed by atoms with van der Waals surface area (Å²) in [5.74, 6) is 5.26. The van der Waals surface area contributed by atoms with E-state index in [1.807, 2.05) is 4.57 Å². The van der Waals surface area contributed by atoms with E-state index in [-0.39, 0.29) is 23.2 Å². The molecule has 5 nitrogen and oxygen atoms in total. The predicted octanol–water partition coefficient (Wildman–Crippen LogP) is 2.34. The molecule has 0 atom stereocenters. The molecule has 3 N–H and O–H groups in total. The number of carbonyl (C=O) groups excluding carboxylic acids is 1. The van der Waals surface area contributed by atoms with Crippen molar-refractivity contribution in [3.05, 3.63) is 41.0 Å². The Balaban J connectivity index is 1.91. The van der Waals surface area contributed by atoms with Crippen molar-refractivity contribution in [3.8, 4) is 23.2 Å². The topological polar surface area (TPSA) is 81.1 Å². The molecular weight excluding hydrogens is 321 g/mol. The molecule has 25 heavy (non-hydrogen) atoms. The van der Waals surface area contributed by atoms with Crippen molar-refractivity contribution < 1.29 is 14.3 Å². The van der Waals surface area contributed by atoms with E-state index in [1.54, 1.807) is 26.1 Å². The molecule has 0 saturated heterocycles. The summed E-state index contributed by atoms with van der Waals surface area (Å²) in [5, 5.41) is 9.76. The Bertz CT molecular complexity index is 954. The molecule has 2 aliphatic heterocycles. The number of primary amides is 1. The first-order valence-corrected chi connectivity index (χ1v) is 8.21. The molecule has 3 heterocycles. The maximum atomic E-state index is 14.5. The minimum atomic E-state index is -1.21. The number of nitrogens with two attached hydrogens (primary N) is 1. The van der Waals surface area contributed by atoms with Crippen LogP contribution < -0.4 is 5.73 Å². The Hall–Kier alpha value is -2.65. The number of benzene rings is 1. The Morgan fingerprint density at radius 1 is 1.44 bits per heavy atom. The van der Waals surface area contributed by atoms with E-state index < -0.39 is 17.3 Å². The normalized spacial score (nSPS) is 20.5. The Kier molecular flexibility index (Phi) is 3.28. The van der Waals surface area contributed by atoms with E-state index in [9.17, 15) is 14.3 Å². The molecule has 2 aromatic rings. The summed E-state index contributed by atoms with van der Waals surface area (Å²) in [6.07, 6.45) is 3.46. The largest absolute Gasteiger partial charge is 0.378 e. The van der Waals surface area contributed by atoms with Gasteiger partial charge in [-0.2, -0.15) is 0 Å². The molecule has 2 bridgehead atoms. The molecule has 0 spiro atoms. The zero-order chi connectivity index (χ0) is 17.9. The van der Waals surface area contributed by atoms with Gasteiger partial charge in [-0.3, -0.25) is 4.79 Å². The summed E-state index contributed by atoms with van der Waals surface area (Å²) >= 11 is 0. The molecule has 1 saturated carbocycles. The van der Waals surface area contributed by atoms with Crippen molar-refractivity contribution in [2.24, 2.45) is 5.73 Å². The average Bonchev–Trinajstić information content (AvgIpc) is 2.80. The van der Waals surface area contributed by atoms with Crippen LogP contribution in [0.15, 0.2) is 18.3 Å². The van der Waals surface area contributed by atoms with Crippen molar-refractivity contribution in [1.82, 2.24) is 9.55 Å². The summed E-state index contributed by atoms with van der Waals surface area (Å²) in [6.45, 7) is 3.09. The molecule has 1 fully saturated rings. The second-order valence-electron chi connectivity index (χ2n) is 7.27. The van der Waals surface area contributed by atoms with Gasteiger partial charge in [0, 0.05) is 17.8 Å². The van der Waals surface area contributed by atoms with Crippen LogP contribution in [-0.4, -0.2) is 26.2 Å². The lowest BCUT2D eigenvalue weighted by atomic mass is 9.75. The molecule has 6 heteroatoms. The minimum absolute atomic E-state index is 0.204. The van der Waals surface area contributed by atoms with Crippen molar-refractivity contribution in [2.45, 2.75) is 44.2 Å². The molecule has 0 radical (unpaired) electrons. The molecule has 1 amide bonds. The Morgan fingerprint density at radius 3 is 2.80 bits per heavy atom. The number of hydrogen-bond donors (Lipinski definition) is 2. The van der Waals surface area contributed by atoms with Crippen LogP contribution in [-0.2, 0) is 0 Å². The fourth-order valence-corrected chi connectivity index (χ4v) is 3.49. The number of carbonyl (C=O) groups is 1. The van der Waals surface area contributed by atoms with Gasteiger partial charge in [0.1, 0.15) is 22.9 Å². The summed E-state index contributed by atoms with van der Waals surface area (Å²) in [6, 6.07) is 3.43. The number of aliphatic hydroxyl groups is 1. The molecule has 1 aromatic carbocycles. The standard InChI is InChI=1S/C19H18FN3O2/c1-19(2,25)4-3-10-7-14-13(8-15(10)20)11-5-12(6-11)23-9-16(17(21)24)22-18(14)23/h7-9,11-12,25H,5-6H2,1-2H3,(H2,21,24). The summed E-state index contributed by atoms with van der Waals surface area (Å²) in [4.78, 5) is 15.9. The third kappa shape index (κ3) is 2.61. The second-order valence-corrected chi connectivity index (χ2v) is 7.27. The van der Waals surface area contributed by atoms with Gasteiger partial charge in [0.2, 0.25) is 0 Å². The zero-order valence-electron chi connectivity index (χ0n) is 14.0. The van der Waals surface area contributed by atoms with Gasteiger partial charge in [-0.05, 0) is 50.3 Å². The molecule has 0 unspecified atom stereocenters. The van der Waals surface area contributed by atoms with Crippen LogP contribution in [0.1, 0.15) is 60.3 Å². The fraction of sp³-hybridized carbons (Fsp3) is 0.368. The third-order valence-electron chi connectivity index (χ3n) is 4.81. The molecule has 3 aliphatic rings. The van der Waals surface area contributed by atoms with Crippen molar-refractivity contribution in [3.63, 3.8) is 0 Å². The van der Waals surface area contributed by atoms with Crippen LogP contribution >= 0.6 is 0 Å². The highest BCUT2D eigenvalue weighted by molar-refractivity contribution is 5.91. The number of nitrogens with zero attached hydrogens (tertiary/aromatic N) is 2. The highest BCUT2D eigenvalue weighted by atomic mass is 19.1. The quantitative estimate of drug-likeness (QED) is 0.783. The van der Waals surface area contributed by atoms with Crippen LogP contribution in [0.3, 0.4) is 0 Å². The summed E-state index contributed by atoms with van der Waals surface area (Å²) in [7, 11) is 0. The van der Waals surface area contributed by atoms with Gasteiger partial charge in [-0.1, -0.05) is 11.8 Å². The van der Waals surface area contributed by atoms with Gasteiger partial charge in [0.15, 0.2) is 0 Å². The van der Waals surface area contributed by atoms with Crippen LogP contribution in [0, 0.1) is 17.7 Å². The number of amides is 1. The number of hydrogen-bond acceptors (Lipinski definition) is 3. The van der Waals surface area contributed by atoms with E-state index in [2.05, 4.69) is 16.8 Å². The highest BCUT2D eigenvalue weighted by Crippen LogP contribution is 2.52. The predicted molar refractivity (Wildman–Crippen MR) is 90.3 cm³/mol. The van der Waals surface area contributed by atoms with Crippen LogP contribution in [0.2, 0.25) is 0 Å². The van der Waals surface area contributed by atoms with Crippen molar-refractivity contribution >= 4 is 5.91 Å². The maximum absolute atomic E-state index is 14.5. The van der Waals surface area contributed by atoms with E-state index in [0.717, 1.165) is 24.0 Å². The first-order valence-electron chi connectivity index (χ1n) is 8.21. The lowest BCUT2D eigenvalue weighted by molar-refractivity contribution is 0.0995. The summed E-state index contributed by atoms with van der Waals surface area (Å²) < 4.78 is 16.5. The van der Waals surface area contributed by atoms with Crippen molar-refractivity contribution in [1.29, 1.82) is 0 Å². The average molecular weight is 339 g/mol. The second kappa shape index (κ2) is 5.17. The van der Waals surface area contributed by atoms with Gasteiger partial charge in [-0.25, -0.2) is 9.37 Å². The zero-order valence-corrected chi connectivity index (χ0v) is 14.0. The van der Waals surface area contributed by atoms with Crippen LogP contribution in [0.5, 0.6) is 0 Å². The molecule has 1 aliphatic carbocycles. The van der Waals surface area contributed by atoms with Gasteiger partial charge < -0.3 is 15.4 Å². The lowest BCUT2D eigenvalue weighted by Crippen LogP contribution is -2.22. The SMILES string of the molecule is CC(C)(O)C#Cc1cc2c(cc1F)C1CC(C1)n1cc(C(N)=O)nc1-2. The van der Waals surface area contributed by atoms with Gasteiger partial charge in [-0.15, -0.1) is 0 Å². The maximum Gasteiger partial charge on any atom is 0.268 e. The summed E-state index contributed by atoms with van der Waals surface area (Å²) in [5.41, 5.74) is 6.24. The smallest absolute Gasteiger partial charge is 0.268 e. The van der Waals surface area contributed by atoms with E-state index in [0.29, 0.717) is 5.82 Å². The van der Waals surface area contributed by atoms with Gasteiger partial charge >= 0.3 is 0 Å². The highest BCUT2D eigenvalue weighted by Gasteiger charge is 2.39. The first kappa shape index (κ1) is 15.9. The Morgan fingerprint density at radius 2 is 2.16 bits per heavy atom. The number of rotatable bonds is 1. The molecule has 128 valence electrons. The van der Waals surface area contributed by atoms with Crippen LogP contribution in [0.4, 0.5) is 4.39 Å². The Labute approximate surface area is 144 Å². The first-order chi connectivity index (χ1) is 11.7. The molecule has 1 aromatic heterocycles. The van der Waals surface area contributed by atoms with E-state index in [4.69, 9.17) is 5.73 Å². The van der Waals surface area contributed by atoms with Gasteiger partial charge in [0.05, 0.1) is 5.56 Å². The third-order valence-corrected chi connectivity index (χ3v) is 4.81. The lowest BCUT2D eigenvalue weighted by Gasteiger charge is -2.34. The van der Waals surface area contributed by atoms with Gasteiger partial charge in [0.25, 0.3) is 5.91 Å².